The Morgan fingerprint density at radius 3 is 0.674 bits per heavy atom. The number of benzene rings is 6. The molecule has 0 fully saturated rings. The maximum absolute atomic E-state index is 5.14. The molecule has 5 N–H and O–H groups in total. The Kier molecular flexibility index (Phi) is 21.4. The summed E-state index contributed by atoms with van der Waals surface area (Å²) in [5.74, 6) is 0. The molecule has 0 aromatic heterocycles. The molecular formula is C40H46BrClN2P2. The normalized spacial score (nSPS) is 9.65. The average molecular weight is 732 g/mol. The summed E-state index contributed by atoms with van der Waals surface area (Å²) in [5, 5.41) is 8.39. The highest BCUT2D eigenvalue weighted by Gasteiger charge is 2.16. The lowest BCUT2D eigenvalue weighted by atomic mass is 10.3. The van der Waals surface area contributed by atoms with E-state index in [0.717, 1.165) is 6.54 Å². The third-order valence-electron chi connectivity index (χ3n) is 6.64. The van der Waals surface area contributed by atoms with Crippen LogP contribution in [0.1, 0.15) is 19.8 Å². The number of rotatable bonds is 8. The summed E-state index contributed by atoms with van der Waals surface area (Å²) in [6.45, 7) is 2.98. The van der Waals surface area contributed by atoms with Gasteiger partial charge in [0.05, 0.1) is 0 Å². The highest BCUT2D eigenvalue weighted by molar-refractivity contribution is 8.93. The first-order valence-electron chi connectivity index (χ1n) is 14.9. The quantitative estimate of drug-likeness (QED) is 0.154. The van der Waals surface area contributed by atoms with E-state index in [1.165, 1.54) is 44.7 Å². The highest BCUT2D eigenvalue weighted by atomic mass is 79.9. The topological polar surface area (TPSA) is 61.0 Å². The molecule has 0 spiro atoms. The standard InChI is InChI=1S/2C18H15P.C4H11N.BrH.ClH.H3N/c2*1-4-10-16(11-5-1)19(17-12-6-2-7-13-17)18-14-8-3-9-15-18;1-2-3-4-5;;;/h2*1-15H;2-5H2,1H3;2*1H;1H3. The Labute approximate surface area is 295 Å². The van der Waals surface area contributed by atoms with Gasteiger partial charge in [-0.3, -0.25) is 0 Å². The second-order valence-electron chi connectivity index (χ2n) is 9.83. The van der Waals surface area contributed by atoms with Crippen molar-refractivity contribution in [3.63, 3.8) is 0 Å². The van der Waals surface area contributed by atoms with Gasteiger partial charge in [0.25, 0.3) is 0 Å². The molecule has 0 radical (unpaired) electrons. The van der Waals surface area contributed by atoms with Crippen molar-refractivity contribution in [3.05, 3.63) is 182 Å². The zero-order valence-corrected chi connectivity index (χ0v) is 30.8. The maximum Gasteiger partial charge on any atom is -0.00774 e. The zero-order chi connectivity index (χ0) is 30.0. The lowest BCUT2D eigenvalue weighted by Crippen LogP contribution is -2.20. The monoisotopic (exact) mass is 730 g/mol. The van der Waals surface area contributed by atoms with Gasteiger partial charge >= 0.3 is 0 Å². The van der Waals surface area contributed by atoms with Crippen LogP contribution in [0.5, 0.6) is 0 Å². The molecule has 0 aliphatic carbocycles. The number of hydrogen-bond acceptors (Lipinski definition) is 2. The van der Waals surface area contributed by atoms with Crippen molar-refractivity contribution in [2.24, 2.45) is 5.73 Å². The summed E-state index contributed by atoms with van der Waals surface area (Å²) in [5.41, 5.74) is 5.14. The van der Waals surface area contributed by atoms with E-state index in [9.17, 15) is 0 Å². The predicted molar refractivity (Wildman–Crippen MR) is 217 cm³/mol. The largest absolute Gasteiger partial charge is 0.344 e. The molecule has 0 amide bonds. The van der Waals surface area contributed by atoms with Gasteiger partial charge in [0.2, 0.25) is 0 Å². The fourth-order valence-electron chi connectivity index (χ4n) is 4.56. The second kappa shape index (κ2) is 24.1. The summed E-state index contributed by atoms with van der Waals surface area (Å²) in [4.78, 5) is 0. The lowest BCUT2D eigenvalue weighted by Gasteiger charge is -2.18. The van der Waals surface area contributed by atoms with Crippen molar-refractivity contribution in [1.29, 1.82) is 0 Å². The lowest BCUT2D eigenvalue weighted by molar-refractivity contribution is 0.807. The van der Waals surface area contributed by atoms with Gasteiger partial charge in [0.1, 0.15) is 0 Å². The van der Waals surface area contributed by atoms with Gasteiger partial charge in [-0.2, -0.15) is 0 Å². The van der Waals surface area contributed by atoms with Crippen LogP contribution in [0.25, 0.3) is 0 Å². The molecule has 0 atom stereocenters. The van der Waals surface area contributed by atoms with Crippen LogP contribution in [-0.2, 0) is 0 Å². The summed E-state index contributed by atoms with van der Waals surface area (Å²) in [6.07, 6.45) is 2.39. The van der Waals surface area contributed by atoms with Crippen LogP contribution in [0, 0.1) is 0 Å². The number of hydrogen-bond donors (Lipinski definition) is 2. The van der Waals surface area contributed by atoms with Crippen molar-refractivity contribution in [3.8, 4) is 0 Å². The Bertz CT molecular complexity index is 1240. The molecule has 6 aromatic carbocycles. The van der Waals surface area contributed by atoms with Crippen LogP contribution < -0.4 is 43.7 Å². The molecule has 0 heterocycles. The van der Waals surface area contributed by atoms with Gasteiger partial charge in [-0.1, -0.05) is 195 Å². The molecule has 0 unspecified atom stereocenters. The molecule has 2 nitrogen and oxygen atoms in total. The van der Waals surface area contributed by atoms with Crippen LogP contribution in [0.4, 0.5) is 0 Å². The predicted octanol–water partition coefficient (Wildman–Crippen LogP) is 8.80. The Hall–Kier alpha value is -3.13. The summed E-state index contributed by atoms with van der Waals surface area (Å²) >= 11 is 0. The van der Waals surface area contributed by atoms with Gasteiger partial charge < -0.3 is 11.9 Å². The zero-order valence-electron chi connectivity index (χ0n) is 26.4. The molecule has 6 aromatic rings. The molecule has 0 aliphatic heterocycles. The van der Waals surface area contributed by atoms with Gasteiger partial charge in [-0.15, -0.1) is 29.4 Å². The van der Waals surface area contributed by atoms with Crippen molar-refractivity contribution in [1.82, 2.24) is 6.15 Å². The fourth-order valence-corrected chi connectivity index (χ4v) is 9.17. The minimum Gasteiger partial charge on any atom is -0.344 e. The first-order valence-corrected chi connectivity index (χ1v) is 17.6. The molecule has 0 aliphatic rings. The highest BCUT2D eigenvalue weighted by Crippen LogP contribution is 2.33. The van der Waals surface area contributed by atoms with Crippen molar-refractivity contribution in [2.75, 3.05) is 6.54 Å². The summed E-state index contributed by atoms with van der Waals surface area (Å²) < 4.78 is 0. The minimum atomic E-state index is -0.446. The van der Waals surface area contributed by atoms with E-state index in [1.54, 1.807) is 0 Å². The Balaban J connectivity index is 0.000000380. The average Bonchev–Trinajstić information content (AvgIpc) is 3.09. The van der Waals surface area contributed by atoms with E-state index in [2.05, 4.69) is 189 Å². The Morgan fingerprint density at radius 2 is 0.565 bits per heavy atom. The van der Waals surface area contributed by atoms with Crippen molar-refractivity contribution >= 4 is 77.1 Å². The molecule has 46 heavy (non-hydrogen) atoms. The minimum absolute atomic E-state index is 0. The molecule has 0 bridgehead atoms. The second-order valence-corrected chi connectivity index (χ2v) is 14.3. The number of halogens is 2. The maximum atomic E-state index is 5.14. The van der Waals surface area contributed by atoms with Gasteiger partial charge in [-0.25, -0.2) is 0 Å². The van der Waals surface area contributed by atoms with E-state index >= 15 is 0 Å². The molecule has 6 rings (SSSR count). The van der Waals surface area contributed by atoms with E-state index in [1.807, 2.05) is 0 Å². The number of unbranched alkanes of at least 4 members (excludes halogenated alkanes) is 1. The van der Waals surface area contributed by atoms with Gasteiger partial charge in [0, 0.05) is 0 Å². The Morgan fingerprint density at radius 1 is 0.391 bits per heavy atom. The van der Waals surface area contributed by atoms with Crippen LogP contribution >= 0.6 is 45.2 Å². The van der Waals surface area contributed by atoms with E-state index in [-0.39, 0.29) is 35.5 Å². The van der Waals surface area contributed by atoms with Gasteiger partial charge in [0.15, 0.2) is 0 Å². The van der Waals surface area contributed by atoms with E-state index in [0.29, 0.717) is 0 Å². The van der Waals surface area contributed by atoms with Crippen LogP contribution in [0.2, 0.25) is 0 Å². The molecule has 0 saturated carbocycles. The molecule has 6 heteroatoms. The van der Waals surface area contributed by atoms with E-state index in [4.69, 9.17) is 5.73 Å². The van der Waals surface area contributed by atoms with Crippen molar-refractivity contribution in [2.45, 2.75) is 19.8 Å². The van der Waals surface area contributed by atoms with E-state index < -0.39 is 15.8 Å². The van der Waals surface area contributed by atoms with Crippen LogP contribution in [0.3, 0.4) is 0 Å². The summed E-state index contributed by atoms with van der Waals surface area (Å²) in [6, 6.07) is 64.7. The first kappa shape index (κ1) is 40.9. The van der Waals surface area contributed by atoms with Crippen molar-refractivity contribution < 1.29 is 0 Å². The van der Waals surface area contributed by atoms with Crippen LogP contribution in [-0.4, -0.2) is 6.54 Å². The number of nitrogens with two attached hydrogens (primary N) is 1. The first-order chi connectivity index (χ1) is 21.3. The molecular weight excluding hydrogens is 686 g/mol. The SMILES string of the molecule is Br.CCCCN.Cl.N.c1ccc(P(c2ccccc2)c2ccccc2)cc1.c1ccc(P(c2ccccc2)c2ccccc2)cc1. The third kappa shape index (κ3) is 12.9. The molecule has 0 saturated heterocycles. The summed E-state index contributed by atoms with van der Waals surface area (Å²) in [7, 11) is -0.892. The van der Waals surface area contributed by atoms with Gasteiger partial charge in [-0.05, 0) is 60.6 Å². The third-order valence-corrected chi connectivity index (χ3v) is 11.5. The molecule has 240 valence electrons. The smallest absolute Gasteiger partial charge is 0.00774 e. The fraction of sp³-hybridized carbons (Fsp3) is 0.100. The van der Waals surface area contributed by atoms with Crippen LogP contribution in [0.15, 0.2) is 182 Å².